The Balaban J connectivity index is 2.55. The zero-order valence-corrected chi connectivity index (χ0v) is 10.6. The number of hydrogen-bond donors (Lipinski definition) is 1. The Bertz CT molecular complexity index is 488. The average Bonchev–Trinajstić information content (AvgIpc) is 2.76. The molecule has 3 heteroatoms. The highest BCUT2D eigenvalue weighted by molar-refractivity contribution is 9.10. The molecule has 84 valence electrons. The Morgan fingerprint density at radius 1 is 1.25 bits per heavy atom. The Labute approximate surface area is 103 Å². The fourth-order valence-electron chi connectivity index (χ4n) is 1.82. The van der Waals surface area contributed by atoms with E-state index in [4.69, 9.17) is 4.42 Å². The predicted octanol–water partition coefficient (Wildman–Crippen LogP) is 3.76. The lowest BCUT2D eigenvalue weighted by atomic mass is 9.98. The van der Waals surface area contributed by atoms with Crippen molar-refractivity contribution in [2.75, 3.05) is 0 Å². The summed E-state index contributed by atoms with van der Waals surface area (Å²) in [6.45, 7) is 2.05. The molecule has 0 spiro atoms. The molecule has 1 N–H and O–H groups in total. The molecule has 0 fully saturated rings. The first-order chi connectivity index (χ1) is 7.76. The van der Waals surface area contributed by atoms with E-state index in [1.54, 1.807) is 6.26 Å². The van der Waals surface area contributed by atoms with Crippen LogP contribution in [0.1, 0.15) is 18.2 Å². The van der Waals surface area contributed by atoms with Gasteiger partial charge in [-0.1, -0.05) is 28.9 Å². The molecule has 0 aliphatic carbocycles. The lowest BCUT2D eigenvalue weighted by Gasteiger charge is -2.07. The number of hydrogen-bond acceptors (Lipinski definition) is 2. The van der Waals surface area contributed by atoms with Crippen LogP contribution in [0.4, 0.5) is 0 Å². The van der Waals surface area contributed by atoms with Gasteiger partial charge in [-0.3, -0.25) is 0 Å². The van der Waals surface area contributed by atoms with E-state index in [0.29, 0.717) is 5.76 Å². The molecule has 0 atom stereocenters. The Hall–Kier alpha value is -1.06. The molecule has 2 rings (SSSR count). The topological polar surface area (TPSA) is 33.4 Å². The van der Waals surface area contributed by atoms with Crippen LogP contribution in [0.25, 0.3) is 11.1 Å². The number of furan rings is 1. The number of aliphatic hydroxyl groups excluding tert-OH is 1. The van der Waals surface area contributed by atoms with Gasteiger partial charge in [0.2, 0.25) is 0 Å². The molecule has 0 aliphatic rings. The molecular weight excluding hydrogens is 268 g/mol. The van der Waals surface area contributed by atoms with E-state index in [1.165, 1.54) is 5.56 Å². The van der Waals surface area contributed by atoms with E-state index in [9.17, 15) is 5.11 Å². The molecule has 0 radical (unpaired) electrons. The van der Waals surface area contributed by atoms with Gasteiger partial charge in [0.15, 0.2) is 0 Å². The molecule has 0 bridgehead atoms. The first kappa shape index (κ1) is 11.4. The molecular formula is C13H13BrO2. The summed E-state index contributed by atoms with van der Waals surface area (Å²) in [4.78, 5) is 0. The maximum absolute atomic E-state index is 9.18. The lowest BCUT2D eigenvalue weighted by molar-refractivity contribution is 0.248. The van der Waals surface area contributed by atoms with Crippen LogP contribution in [0.3, 0.4) is 0 Å². The fourth-order valence-corrected chi connectivity index (χ4v) is 2.23. The summed E-state index contributed by atoms with van der Waals surface area (Å²) in [5.74, 6) is 0.622. The molecule has 1 aromatic carbocycles. The highest BCUT2D eigenvalue weighted by Crippen LogP contribution is 2.30. The Morgan fingerprint density at radius 3 is 2.75 bits per heavy atom. The highest BCUT2D eigenvalue weighted by atomic mass is 79.9. The van der Waals surface area contributed by atoms with Gasteiger partial charge in [0, 0.05) is 10.0 Å². The molecule has 0 unspecified atom stereocenters. The van der Waals surface area contributed by atoms with Crippen LogP contribution in [0.2, 0.25) is 0 Å². The standard InChI is InChI=1S/C13H13BrO2/c1-2-9-7-10(14)3-4-11(9)12-5-6-16-13(12)8-15/h3-7,15H,2,8H2,1H3. The van der Waals surface area contributed by atoms with Crippen molar-refractivity contribution in [3.63, 3.8) is 0 Å². The maximum atomic E-state index is 9.18. The van der Waals surface area contributed by atoms with Crippen LogP contribution < -0.4 is 0 Å². The van der Waals surface area contributed by atoms with Gasteiger partial charge >= 0.3 is 0 Å². The molecule has 2 aromatic rings. The third kappa shape index (κ3) is 2.06. The number of aryl methyl sites for hydroxylation is 1. The van der Waals surface area contributed by atoms with Crippen LogP contribution in [-0.2, 0) is 13.0 Å². The van der Waals surface area contributed by atoms with E-state index in [1.807, 2.05) is 18.2 Å². The molecule has 0 saturated heterocycles. The van der Waals surface area contributed by atoms with Gasteiger partial charge in [-0.25, -0.2) is 0 Å². The molecule has 2 nitrogen and oxygen atoms in total. The average molecular weight is 281 g/mol. The largest absolute Gasteiger partial charge is 0.466 e. The normalized spacial score (nSPS) is 10.7. The van der Waals surface area contributed by atoms with E-state index in [0.717, 1.165) is 22.0 Å². The number of aliphatic hydroxyl groups is 1. The smallest absolute Gasteiger partial charge is 0.136 e. The minimum absolute atomic E-state index is 0.0679. The quantitative estimate of drug-likeness (QED) is 0.929. The summed E-state index contributed by atoms with van der Waals surface area (Å²) in [6, 6.07) is 8.05. The minimum atomic E-state index is -0.0679. The van der Waals surface area contributed by atoms with Crippen LogP contribution in [0, 0.1) is 0 Å². The zero-order chi connectivity index (χ0) is 11.5. The van der Waals surface area contributed by atoms with E-state index in [-0.39, 0.29) is 6.61 Å². The van der Waals surface area contributed by atoms with Gasteiger partial charge in [0.1, 0.15) is 12.4 Å². The summed E-state index contributed by atoms with van der Waals surface area (Å²) in [5, 5.41) is 9.18. The van der Waals surface area contributed by atoms with Crippen LogP contribution in [0.15, 0.2) is 39.4 Å². The SMILES string of the molecule is CCc1cc(Br)ccc1-c1ccoc1CO. The van der Waals surface area contributed by atoms with Gasteiger partial charge in [-0.05, 0) is 35.7 Å². The molecule has 16 heavy (non-hydrogen) atoms. The van der Waals surface area contributed by atoms with Crippen molar-refractivity contribution in [2.45, 2.75) is 20.0 Å². The lowest BCUT2D eigenvalue weighted by Crippen LogP contribution is -1.90. The van der Waals surface area contributed by atoms with Crippen LogP contribution in [-0.4, -0.2) is 5.11 Å². The maximum Gasteiger partial charge on any atom is 0.136 e. The van der Waals surface area contributed by atoms with Gasteiger partial charge in [0.05, 0.1) is 6.26 Å². The number of halogens is 1. The Kier molecular flexibility index (Phi) is 3.46. The van der Waals surface area contributed by atoms with E-state index < -0.39 is 0 Å². The second-order valence-corrected chi connectivity index (χ2v) is 4.49. The van der Waals surface area contributed by atoms with Crippen molar-refractivity contribution in [3.8, 4) is 11.1 Å². The summed E-state index contributed by atoms with van der Waals surface area (Å²) in [7, 11) is 0. The third-order valence-corrected chi connectivity index (χ3v) is 3.12. The molecule has 1 aromatic heterocycles. The fraction of sp³-hybridized carbons (Fsp3) is 0.231. The second kappa shape index (κ2) is 4.85. The Morgan fingerprint density at radius 2 is 2.06 bits per heavy atom. The summed E-state index contributed by atoms with van der Waals surface area (Å²) < 4.78 is 6.31. The molecule has 0 aliphatic heterocycles. The summed E-state index contributed by atoms with van der Waals surface area (Å²) in [5.41, 5.74) is 3.35. The van der Waals surface area contributed by atoms with Crippen molar-refractivity contribution in [1.82, 2.24) is 0 Å². The van der Waals surface area contributed by atoms with Crippen molar-refractivity contribution < 1.29 is 9.52 Å². The van der Waals surface area contributed by atoms with Gasteiger partial charge in [0.25, 0.3) is 0 Å². The zero-order valence-electron chi connectivity index (χ0n) is 9.03. The third-order valence-electron chi connectivity index (χ3n) is 2.63. The van der Waals surface area contributed by atoms with Gasteiger partial charge in [-0.15, -0.1) is 0 Å². The van der Waals surface area contributed by atoms with Gasteiger partial charge < -0.3 is 9.52 Å². The second-order valence-electron chi connectivity index (χ2n) is 3.57. The van der Waals surface area contributed by atoms with Gasteiger partial charge in [-0.2, -0.15) is 0 Å². The summed E-state index contributed by atoms with van der Waals surface area (Å²) in [6.07, 6.45) is 2.56. The molecule has 0 saturated carbocycles. The van der Waals surface area contributed by atoms with Crippen LogP contribution >= 0.6 is 15.9 Å². The minimum Gasteiger partial charge on any atom is -0.466 e. The number of benzene rings is 1. The molecule has 0 amide bonds. The van der Waals surface area contributed by atoms with E-state index >= 15 is 0 Å². The van der Waals surface area contributed by atoms with Crippen LogP contribution in [0.5, 0.6) is 0 Å². The number of rotatable bonds is 3. The van der Waals surface area contributed by atoms with Crippen molar-refractivity contribution >= 4 is 15.9 Å². The first-order valence-corrected chi connectivity index (χ1v) is 6.01. The summed E-state index contributed by atoms with van der Waals surface area (Å²) >= 11 is 3.46. The monoisotopic (exact) mass is 280 g/mol. The predicted molar refractivity (Wildman–Crippen MR) is 67.1 cm³/mol. The first-order valence-electron chi connectivity index (χ1n) is 5.22. The van der Waals surface area contributed by atoms with E-state index in [2.05, 4.69) is 28.9 Å². The van der Waals surface area contributed by atoms with Crippen molar-refractivity contribution in [1.29, 1.82) is 0 Å². The highest BCUT2D eigenvalue weighted by Gasteiger charge is 2.11. The molecule has 1 heterocycles. The van der Waals surface area contributed by atoms with Crippen molar-refractivity contribution in [2.24, 2.45) is 0 Å². The van der Waals surface area contributed by atoms with Crippen molar-refractivity contribution in [3.05, 3.63) is 46.3 Å².